The van der Waals surface area contributed by atoms with E-state index < -0.39 is 12.7 Å². The second-order valence-electron chi connectivity index (χ2n) is 4.98. The molecule has 4 nitrogen and oxygen atoms in total. The summed E-state index contributed by atoms with van der Waals surface area (Å²) in [5.41, 5.74) is 0. The predicted molar refractivity (Wildman–Crippen MR) is 88.8 cm³/mol. The van der Waals surface area contributed by atoms with Gasteiger partial charge in [0.15, 0.2) is 5.34 Å². The first-order valence-electron chi connectivity index (χ1n) is 7.00. The topological polar surface area (TPSA) is 63.6 Å². The Morgan fingerprint density at radius 1 is 1.27 bits per heavy atom. The zero-order valence-electron chi connectivity index (χ0n) is 12.6. The minimum atomic E-state index is -3.69. The highest BCUT2D eigenvalue weighted by atomic mass is 32.1. The Labute approximate surface area is 134 Å². The van der Waals surface area contributed by atoms with Crippen molar-refractivity contribution in [3.05, 3.63) is 52.7 Å². The normalized spacial score (nSPS) is 16.7. The number of benzene rings is 1. The fourth-order valence-corrected chi connectivity index (χ4v) is 6.14. The molecule has 0 saturated carbocycles. The first-order chi connectivity index (χ1) is 10.4. The molecule has 1 N–H and O–H groups in total. The molecule has 0 saturated heterocycles. The second kappa shape index (κ2) is 6.88. The van der Waals surface area contributed by atoms with Crippen molar-refractivity contribution in [1.29, 1.82) is 0 Å². The highest BCUT2D eigenvalue weighted by Gasteiger charge is 2.52. The minimum absolute atomic E-state index is 0.178. The van der Waals surface area contributed by atoms with Gasteiger partial charge in [-0.1, -0.05) is 24.3 Å². The van der Waals surface area contributed by atoms with Crippen LogP contribution < -0.4 is 5.30 Å². The Bertz CT molecular complexity index is 669. The van der Waals surface area contributed by atoms with Crippen molar-refractivity contribution in [3.63, 3.8) is 0 Å². The molecular formula is C16H19O4PS. The molecule has 0 aliphatic carbocycles. The third-order valence-electron chi connectivity index (χ3n) is 3.31. The van der Waals surface area contributed by atoms with Gasteiger partial charge < -0.3 is 9.63 Å². The van der Waals surface area contributed by atoms with Crippen molar-refractivity contribution in [2.24, 2.45) is 0 Å². The maximum absolute atomic E-state index is 13.7. The van der Waals surface area contributed by atoms with Gasteiger partial charge in [0.1, 0.15) is 5.78 Å². The van der Waals surface area contributed by atoms with Crippen molar-refractivity contribution < 1.29 is 19.0 Å². The Hall–Kier alpha value is -1.26. The molecule has 1 aromatic heterocycles. The van der Waals surface area contributed by atoms with E-state index in [1.54, 1.807) is 54.8 Å². The van der Waals surface area contributed by atoms with Crippen LogP contribution in [0.25, 0.3) is 0 Å². The first kappa shape index (κ1) is 17.1. The lowest BCUT2D eigenvalue weighted by atomic mass is 10.1. The van der Waals surface area contributed by atoms with E-state index in [0.29, 0.717) is 10.2 Å². The predicted octanol–water partition coefficient (Wildman–Crippen LogP) is 3.51. The summed E-state index contributed by atoms with van der Waals surface area (Å²) >= 11 is 1.26. The molecule has 0 unspecified atom stereocenters. The highest BCUT2D eigenvalue weighted by Crippen LogP contribution is 2.64. The lowest BCUT2D eigenvalue weighted by molar-refractivity contribution is -0.120. The van der Waals surface area contributed by atoms with E-state index in [9.17, 15) is 14.5 Å². The number of carbonyl (C=O) groups is 1. The Kier molecular flexibility index (Phi) is 5.35. The van der Waals surface area contributed by atoms with Gasteiger partial charge in [-0.2, -0.15) is 0 Å². The maximum Gasteiger partial charge on any atom is 0.268 e. The van der Waals surface area contributed by atoms with Crippen LogP contribution in [0, 0.1) is 0 Å². The minimum Gasteiger partial charge on any atom is -0.374 e. The van der Waals surface area contributed by atoms with Gasteiger partial charge in [-0.25, -0.2) is 0 Å². The van der Waals surface area contributed by atoms with Crippen LogP contribution in [-0.4, -0.2) is 17.5 Å². The molecule has 0 aliphatic rings. The van der Waals surface area contributed by atoms with Gasteiger partial charge >= 0.3 is 0 Å². The third-order valence-corrected chi connectivity index (χ3v) is 7.45. The molecule has 0 fully saturated rings. The number of carbonyl (C=O) groups excluding carboxylic acids is 1. The highest BCUT2D eigenvalue weighted by molar-refractivity contribution is 7.68. The van der Waals surface area contributed by atoms with Crippen LogP contribution in [0.5, 0.6) is 0 Å². The van der Waals surface area contributed by atoms with Crippen molar-refractivity contribution >= 4 is 29.8 Å². The van der Waals surface area contributed by atoms with Crippen molar-refractivity contribution in [2.45, 2.75) is 25.6 Å². The fourth-order valence-electron chi connectivity index (χ4n) is 2.39. The van der Waals surface area contributed by atoms with Crippen molar-refractivity contribution in [2.75, 3.05) is 6.61 Å². The zero-order valence-corrected chi connectivity index (χ0v) is 14.3. The Balaban J connectivity index is 2.65. The average Bonchev–Trinajstić information content (AvgIpc) is 3.02. The van der Waals surface area contributed by atoms with E-state index in [1.807, 2.05) is 0 Å². The smallest absolute Gasteiger partial charge is 0.268 e. The standard InChI is InChI=1S/C16H19O4PS/c1-3-20-21(19,14-8-5-4-6-9-14)16(18,12-13(2)17)15-10-7-11-22-15/h4-11,18H,3,12H2,1-2H3/t16-,21+/m1/s1. The van der Waals surface area contributed by atoms with Crippen molar-refractivity contribution in [3.8, 4) is 0 Å². The number of ketones is 1. The Morgan fingerprint density at radius 2 is 1.95 bits per heavy atom. The van der Waals surface area contributed by atoms with Crippen LogP contribution in [0.4, 0.5) is 0 Å². The Morgan fingerprint density at radius 3 is 2.45 bits per heavy atom. The molecule has 0 radical (unpaired) electrons. The van der Waals surface area contributed by atoms with Crippen LogP contribution >= 0.6 is 18.7 Å². The van der Waals surface area contributed by atoms with Crippen LogP contribution in [0.2, 0.25) is 0 Å². The van der Waals surface area contributed by atoms with Crippen LogP contribution in [0.15, 0.2) is 47.8 Å². The monoisotopic (exact) mass is 338 g/mol. The molecule has 0 bridgehead atoms. The summed E-state index contributed by atoms with van der Waals surface area (Å²) in [6.07, 6.45) is -0.250. The number of aliphatic hydroxyl groups is 1. The molecule has 22 heavy (non-hydrogen) atoms. The lowest BCUT2D eigenvalue weighted by Gasteiger charge is -2.34. The number of thiophene rings is 1. The fraction of sp³-hybridized carbons (Fsp3) is 0.312. The molecule has 2 atom stereocenters. The third kappa shape index (κ3) is 3.08. The van der Waals surface area contributed by atoms with Gasteiger partial charge in [-0.3, -0.25) is 9.36 Å². The molecule has 0 aliphatic heterocycles. The summed E-state index contributed by atoms with van der Waals surface area (Å²) in [6, 6.07) is 12.0. The molecule has 1 heterocycles. The number of hydrogen-bond donors (Lipinski definition) is 1. The lowest BCUT2D eigenvalue weighted by Crippen LogP contribution is -2.33. The molecule has 0 amide bonds. The van der Waals surface area contributed by atoms with E-state index in [4.69, 9.17) is 4.52 Å². The van der Waals surface area contributed by atoms with Crippen LogP contribution in [0.3, 0.4) is 0 Å². The van der Waals surface area contributed by atoms with E-state index in [0.717, 1.165) is 0 Å². The van der Waals surface area contributed by atoms with Gasteiger partial charge in [0.25, 0.3) is 7.37 Å². The number of rotatable bonds is 7. The van der Waals surface area contributed by atoms with Crippen molar-refractivity contribution in [1.82, 2.24) is 0 Å². The van der Waals surface area contributed by atoms with Crippen LogP contribution in [-0.2, 0) is 19.2 Å². The summed E-state index contributed by atoms with van der Waals surface area (Å²) in [5, 5.41) is 11.6. The number of Topliss-reactive ketones (excluding diaryl/α,β-unsaturated/α-hetero) is 1. The summed E-state index contributed by atoms with van der Waals surface area (Å²) in [5.74, 6) is -0.244. The van der Waals surface area contributed by atoms with Gasteiger partial charge in [-0.15, -0.1) is 11.3 Å². The van der Waals surface area contributed by atoms with Crippen LogP contribution in [0.1, 0.15) is 25.1 Å². The average molecular weight is 338 g/mol. The molecule has 1 aromatic carbocycles. The number of hydrogen-bond acceptors (Lipinski definition) is 5. The van der Waals surface area contributed by atoms with E-state index in [-0.39, 0.29) is 18.8 Å². The molecule has 6 heteroatoms. The van der Waals surface area contributed by atoms with E-state index in [2.05, 4.69) is 0 Å². The summed E-state index contributed by atoms with van der Waals surface area (Å²) < 4.78 is 19.2. The molecule has 0 spiro atoms. The van der Waals surface area contributed by atoms with Gasteiger partial charge in [0, 0.05) is 16.6 Å². The molecular weight excluding hydrogens is 319 g/mol. The summed E-state index contributed by atoms with van der Waals surface area (Å²) in [7, 11) is -3.69. The molecule has 2 aromatic rings. The molecule has 118 valence electrons. The van der Waals surface area contributed by atoms with Gasteiger partial charge in [0.05, 0.1) is 6.61 Å². The zero-order chi connectivity index (χ0) is 16.2. The van der Waals surface area contributed by atoms with Gasteiger partial charge in [0.2, 0.25) is 0 Å². The summed E-state index contributed by atoms with van der Waals surface area (Å²) in [4.78, 5) is 12.2. The largest absolute Gasteiger partial charge is 0.374 e. The molecule has 2 rings (SSSR count). The SMILES string of the molecule is CCO[P@@](=O)(c1ccccc1)[C@](O)(CC(C)=O)c1cccs1. The summed E-state index contributed by atoms with van der Waals surface area (Å²) in [6.45, 7) is 3.27. The quantitative estimate of drug-likeness (QED) is 0.785. The first-order valence-corrected chi connectivity index (χ1v) is 9.50. The van der Waals surface area contributed by atoms with E-state index in [1.165, 1.54) is 18.3 Å². The van der Waals surface area contributed by atoms with E-state index >= 15 is 0 Å². The second-order valence-corrected chi connectivity index (χ2v) is 8.54. The van der Waals surface area contributed by atoms with Gasteiger partial charge in [-0.05, 0) is 37.4 Å². The maximum atomic E-state index is 13.7.